The minimum Gasteiger partial charge on any atom is -0.480 e. The Morgan fingerprint density at radius 1 is 1.35 bits per heavy atom. The number of hydrogen-bond acceptors (Lipinski definition) is 3. The molecule has 0 aliphatic heterocycles. The highest BCUT2D eigenvalue weighted by Crippen LogP contribution is 2.35. The summed E-state index contributed by atoms with van der Waals surface area (Å²) in [4.78, 5) is 14.3. The molecule has 2 atom stereocenters. The highest BCUT2D eigenvalue weighted by molar-refractivity contribution is 5.79. The molecule has 0 aromatic carbocycles. The molecule has 0 saturated heterocycles. The lowest BCUT2D eigenvalue weighted by molar-refractivity contribution is -0.147. The van der Waals surface area contributed by atoms with E-state index in [1.165, 1.54) is 19.4 Å². The summed E-state index contributed by atoms with van der Waals surface area (Å²) in [5, 5.41) is 12.9. The second-order valence-corrected chi connectivity index (χ2v) is 6.61. The maximum Gasteiger partial charge on any atom is 0.323 e. The molecule has 2 aliphatic rings. The number of nitrogens with zero attached hydrogens (tertiary/aromatic N) is 1. The van der Waals surface area contributed by atoms with Gasteiger partial charge in [-0.15, -0.1) is 0 Å². The van der Waals surface area contributed by atoms with E-state index in [0.29, 0.717) is 6.04 Å². The molecule has 2 N–H and O–H groups in total. The molecule has 2 aliphatic carbocycles. The van der Waals surface area contributed by atoms with Crippen LogP contribution in [0.2, 0.25) is 0 Å². The molecule has 2 rings (SSSR count). The van der Waals surface area contributed by atoms with E-state index in [-0.39, 0.29) is 0 Å². The normalized spacial score (nSPS) is 30.6. The van der Waals surface area contributed by atoms with Crippen molar-refractivity contribution in [3.63, 3.8) is 0 Å². The molecule has 2 saturated carbocycles. The molecule has 0 heterocycles. The van der Waals surface area contributed by atoms with Crippen LogP contribution in [0, 0.1) is 5.92 Å². The topological polar surface area (TPSA) is 52.6 Å². The predicted molar refractivity (Wildman–Crippen MR) is 80.9 cm³/mol. The number of carbonyl (C=O) groups is 1. The van der Waals surface area contributed by atoms with Crippen LogP contribution in [0.5, 0.6) is 0 Å². The Kier molecular flexibility index (Phi) is 5.44. The zero-order chi connectivity index (χ0) is 14.6. The van der Waals surface area contributed by atoms with Gasteiger partial charge in [-0.25, -0.2) is 0 Å². The summed E-state index contributed by atoms with van der Waals surface area (Å²) >= 11 is 0. The van der Waals surface area contributed by atoms with Gasteiger partial charge in [-0.1, -0.05) is 13.8 Å². The smallest absolute Gasteiger partial charge is 0.323 e. The van der Waals surface area contributed by atoms with Gasteiger partial charge >= 0.3 is 5.97 Å². The molecule has 0 radical (unpaired) electrons. The number of hydrogen-bond donors (Lipinski definition) is 2. The van der Waals surface area contributed by atoms with Crippen molar-refractivity contribution >= 4 is 5.97 Å². The van der Waals surface area contributed by atoms with Gasteiger partial charge in [0.15, 0.2) is 0 Å². The van der Waals surface area contributed by atoms with Crippen molar-refractivity contribution in [2.24, 2.45) is 5.92 Å². The van der Waals surface area contributed by atoms with Gasteiger partial charge in [-0.3, -0.25) is 4.79 Å². The van der Waals surface area contributed by atoms with Crippen LogP contribution in [0.25, 0.3) is 0 Å². The zero-order valence-electron chi connectivity index (χ0n) is 13.0. The van der Waals surface area contributed by atoms with Gasteiger partial charge in [0.1, 0.15) is 5.54 Å². The van der Waals surface area contributed by atoms with E-state index >= 15 is 0 Å². The van der Waals surface area contributed by atoms with E-state index in [9.17, 15) is 9.90 Å². The van der Waals surface area contributed by atoms with E-state index in [2.05, 4.69) is 17.1 Å². The summed E-state index contributed by atoms with van der Waals surface area (Å²) in [6.07, 6.45) is 7.61. The molecule has 0 bridgehead atoms. The Labute approximate surface area is 122 Å². The molecule has 0 amide bonds. The van der Waals surface area contributed by atoms with Crippen molar-refractivity contribution < 1.29 is 9.90 Å². The van der Waals surface area contributed by atoms with Gasteiger partial charge in [-0.2, -0.15) is 0 Å². The van der Waals surface area contributed by atoms with Gasteiger partial charge in [0.2, 0.25) is 0 Å². The number of carboxylic acid groups (broad SMARTS) is 1. The van der Waals surface area contributed by atoms with Crippen LogP contribution < -0.4 is 5.32 Å². The maximum atomic E-state index is 11.7. The van der Waals surface area contributed by atoms with Gasteiger partial charge < -0.3 is 15.3 Å². The van der Waals surface area contributed by atoms with Gasteiger partial charge in [-0.05, 0) is 64.0 Å². The average molecular weight is 282 g/mol. The van der Waals surface area contributed by atoms with Crippen LogP contribution in [-0.2, 0) is 4.79 Å². The quantitative estimate of drug-likeness (QED) is 0.718. The van der Waals surface area contributed by atoms with E-state index in [1.807, 2.05) is 6.92 Å². The summed E-state index contributed by atoms with van der Waals surface area (Å²) in [7, 11) is 0. The molecule has 0 aromatic heterocycles. The molecule has 4 nitrogen and oxygen atoms in total. The minimum atomic E-state index is -0.687. The van der Waals surface area contributed by atoms with Crippen molar-refractivity contribution in [1.82, 2.24) is 10.2 Å². The second-order valence-electron chi connectivity index (χ2n) is 6.61. The fourth-order valence-corrected chi connectivity index (χ4v) is 3.67. The van der Waals surface area contributed by atoms with Crippen LogP contribution >= 0.6 is 0 Å². The number of likely N-dealkylation sites (N-methyl/N-ethyl adjacent to an activating group) is 1. The van der Waals surface area contributed by atoms with E-state index < -0.39 is 11.5 Å². The highest BCUT2D eigenvalue weighted by atomic mass is 16.4. The summed E-state index contributed by atoms with van der Waals surface area (Å²) in [6, 6.07) is 0.444. The fraction of sp³-hybridized carbons (Fsp3) is 0.938. The molecule has 2 fully saturated rings. The Morgan fingerprint density at radius 3 is 2.65 bits per heavy atom. The number of rotatable bonds is 8. The van der Waals surface area contributed by atoms with Crippen LogP contribution in [0.15, 0.2) is 0 Å². The van der Waals surface area contributed by atoms with Crippen LogP contribution in [0.1, 0.15) is 58.8 Å². The monoisotopic (exact) mass is 282 g/mol. The molecular formula is C16H30N2O2. The Hall–Kier alpha value is -0.610. The van der Waals surface area contributed by atoms with Gasteiger partial charge in [0.25, 0.3) is 0 Å². The SMILES string of the molecule is CCCN(CC1CC1)C1CCCC(NCC)(C(=O)O)C1. The first kappa shape index (κ1) is 15.8. The van der Waals surface area contributed by atoms with Crippen molar-refractivity contribution in [2.75, 3.05) is 19.6 Å². The fourth-order valence-electron chi connectivity index (χ4n) is 3.67. The van der Waals surface area contributed by atoms with Crippen molar-refractivity contribution in [3.8, 4) is 0 Å². The lowest BCUT2D eigenvalue weighted by atomic mass is 9.78. The minimum absolute atomic E-state index is 0.444. The summed E-state index contributed by atoms with van der Waals surface area (Å²) in [5.74, 6) is 0.216. The molecule has 4 heteroatoms. The maximum absolute atomic E-state index is 11.7. The molecule has 0 spiro atoms. The second kappa shape index (κ2) is 6.90. The van der Waals surface area contributed by atoms with Crippen LogP contribution in [-0.4, -0.2) is 47.2 Å². The Morgan fingerprint density at radius 2 is 2.10 bits per heavy atom. The predicted octanol–water partition coefficient (Wildman–Crippen LogP) is 2.48. The third-order valence-corrected chi connectivity index (χ3v) is 4.87. The first-order chi connectivity index (χ1) is 9.61. The zero-order valence-corrected chi connectivity index (χ0v) is 13.0. The lowest BCUT2D eigenvalue weighted by Crippen LogP contribution is -2.58. The highest BCUT2D eigenvalue weighted by Gasteiger charge is 2.44. The van der Waals surface area contributed by atoms with E-state index in [0.717, 1.165) is 51.1 Å². The lowest BCUT2D eigenvalue weighted by Gasteiger charge is -2.43. The average Bonchev–Trinajstić information content (AvgIpc) is 3.23. The van der Waals surface area contributed by atoms with Gasteiger partial charge in [0.05, 0.1) is 0 Å². The first-order valence-electron chi connectivity index (χ1n) is 8.33. The summed E-state index contributed by atoms with van der Waals surface area (Å²) in [6.45, 7) is 7.25. The number of nitrogens with one attached hydrogen (secondary N) is 1. The third kappa shape index (κ3) is 3.73. The molecule has 116 valence electrons. The van der Waals surface area contributed by atoms with E-state index in [1.54, 1.807) is 0 Å². The molecule has 2 unspecified atom stereocenters. The van der Waals surface area contributed by atoms with Crippen LogP contribution in [0.4, 0.5) is 0 Å². The summed E-state index contributed by atoms with van der Waals surface area (Å²) < 4.78 is 0. The molecule has 0 aromatic rings. The van der Waals surface area contributed by atoms with Crippen LogP contribution in [0.3, 0.4) is 0 Å². The largest absolute Gasteiger partial charge is 0.480 e. The first-order valence-corrected chi connectivity index (χ1v) is 8.33. The van der Waals surface area contributed by atoms with Crippen molar-refractivity contribution in [3.05, 3.63) is 0 Å². The number of carboxylic acids is 1. The van der Waals surface area contributed by atoms with E-state index in [4.69, 9.17) is 0 Å². The van der Waals surface area contributed by atoms with Crippen molar-refractivity contribution in [2.45, 2.75) is 70.4 Å². The number of aliphatic carboxylic acids is 1. The molecule has 20 heavy (non-hydrogen) atoms. The standard InChI is InChI=1S/C16H30N2O2/c1-3-10-18(12-13-7-8-13)14-6-5-9-16(11-14,15(19)20)17-4-2/h13-14,17H,3-12H2,1-2H3,(H,19,20). The third-order valence-electron chi connectivity index (χ3n) is 4.87. The van der Waals surface area contributed by atoms with Gasteiger partial charge in [0, 0.05) is 12.6 Å². The Bertz CT molecular complexity index is 326. The summed E-state index contributed by atoms with van der Waals surface area (Å²) in [5.41, 5.74) is -0.687. The van der Waals surface area contributed by atoms with Crippen molar-refractivity contribution in [1.29, 1.82) is 0 Å². The molecular weight excluding hydrogens is 252 g/mol. The Balaban J connectivity index is 2.03.